The number of hydrogen-bond donors (Lipinski definition) is 1. The second-order valence-corrected chi connectivity index (χ2v) is 7.00. The van der Waals surface area contributed by atoms with Gasteiger partial charge in [-0.25, -0.2) is 0 Å². The number of ether oxygens (including phenoxy) is 1. The van der Waals surface area contributed by atoms with E-state index < -0.39 is 17.6 Å². The Hall–Kier alpha value is -2.29. The molecule has 0 bridgehead atoms. The Bertz CT molecular complexity index is 718. The van der Waals surface area contributed by atoms with E-state index in [9.17, 15) is 22.8 Å². The summed E-state index contributed by atoms with van der Waals surface area (Å²) in [4.78, 5) is 27.5. The maximum absolute atomic E-state index is 13.6. The summed E-state index contributed by atoms with van der Waals surface area (Å²) in [6.45, 7) is 2.17. The number of benzene rings is 1. The zero-order valence-electron chi connectivity index (χ0n) is 15.6. The first-order chi connectivity index (χ1) is 13.3. The standard InChI is InChI=1S/C19H24F3N3O3/c20-19(21,22)15-12-14(24-8-10-28-11-9-24)5-6-16(15)23-17(26)13-25-7-3-1-2-4-18(25)27/h5-6,12H,1-4,7-11,13H2,(H,23,26). The topological polar surface area (TPSA) is 61.9 Å². The van der Waals surface area contributed by atoms with E-state index in [0.717, 1.165) is 25.3 Å². The van der Waals surface area contributed by atoms with E-state index in [1.807, 2.05) is 4.90 Å². The highest BCUT2D eigenvalue weighted by Crippen LogP contribution is 2.37. The van der Waals surface area contributed by atoms with Crippen molar-refractivity contribution in [3.8, 4) is 0 Å². The Morgan fingerprint density at radius 3 is 2.57 bits per heavy atom. The molecule has 3 rings (SSSR count). The van der Waals surface area contributed by atoms with E-state index in [0.29, 0.717) is 45.0 Å². The van der Waals surface area contributed by atoms with E-state index in [-0.39, 0.29) is 18.1 Å². The number of likely N-dealkylation sites (tertiary alicyclic amines) is 1. The molecule has 2 aliphatic heterocycles. The predicted octanol–water partition coefficient (Wildman–Crippen LogP) is 2.88. The largest absolute Gasteiger partial charge is 0.418 e. The molecule has 6 nitrogen and oxygen atoms in total. The van der Waals surface area contributed by atoms with Crippen LogP contribution in [0.3, 0.4) is 0 Å². The fourth-order valence-electron chi connectivity index (χ4n) is 3.46. The highest BCUT2D eigenvalue weighted by Gasteiger charge is 2.35. The molecule has 28 heavy (non-hydrogen) atoms. The molecule has 0 unspecified atom stereocenters. The van der Waals surface area contributed by atoms with Crippen LogP contribution in [0.25, 0.3) is 0 Å². The molecule has 0 aliphatic carbocycles. The van der Waals surface area contributed by atoms with E-state index in [4.69, 9.17) is 4.74 Å². The van der Waals surface area contributed by atoms with E-state index in [1.54, 1.807) is 6.07 Å². The molecule has 0 atom stereocenters. The number of rotatable bonds is 4. The molecule has 9 heteroatoms. The molecule has 1 N–H and O–H groups in total. The van der Waals surface area contributed by atoms with Crippen molar-refractivity contribution in [2.45, 2.75) is 31.9 Å². The van der Waals surface area contributed by atoms with Gasteiger partial charge in [0.2, 0.25) is 11.8 Å². The SMILES string of the molecule is O=C(CN1CCCCCC1=O)Nc1ccc(N2CCOCC2)cc1C(F)(F)F. The molecule has 154 valence electrons. The smallest absolute Gasteiger partial charge is 0.378 e. The summed E-state index contributed by atoms with van der Waals surface area (Å²) < 4.78 is 45.9. The van der Waals surface area contributed by atoms with Gasteiger partial charge in [0.1, 0.15) is 0 Å². The summed E-state index contributed by atoms with van der Waals surface area (Å²) >= 11 is 0. The van der Waals surface area contributed by atoms with Gasteiger partial charge in [0, 0.05) is 31.7 Å². The predicted molar refractivity (Wildman–Crippen MR) is 98.2 cm³/mol. The molecule has 0 spiro atoms. The Labute approximate surface area is 161 Å². The van der Waals surface area contributed by atoms with Gasteiger partial charge in [-0.05, 0) is 31.0 Å². The molecule has 2 aliphatic rings. The van der Waals surface area contributed by atoms with Crippen molar-refractivity contribution >= 4 is 23.2 Å². The van der Waals surface area contributed by atoms with E-state index in [1.165, 1.54) is 11.0 Å². The third kappa shape index (κ3) is 5.15. The molecule has 0 aromatic heterocycles. The summed E-state index contributed by atoms with van der Waals surface area (Å²) in [6, 6.07) is 3.89. The second-order valence-electron chi connectivity index (χ2n) is 7.00. The van der Waals surface area contributed by atoms with Gasteiger partial charge in [0.25, 0.3) is 0 Å². The van der Waals surface area contributed by atoms with Gasteiger partial charge in [-0.15, -0.1) is 0 Å². The number of hydrogen-bond acceptors (Lipinski definition) is 4. The molecule has 0 saturated carbocycles. The van der Waals surface area contributed by atoms with Crippen LogP contribution in [0.4, 0.5) is 24.5 Å². The van der Waals surface area contributed by atoms with Gasteiger partial charge in [-0.3, -0.25) is 9.59 Å². The Morgan fingerprint density at radius 1 is 1.11 bits per heavy atom. The average molecular weight is 399 g/mol. The van der Waals surface area contributed by atoms with Crippen molar-refractivity contribution < 1.29 is 27.5 Å². The number of halogens is 3. The van der Waals surface area contributed by atoms with Crippen LogP contribution in [0.15, 0.2) is 18.2 Å². The van der Waals surface area contributed by atoms with Crippen molar-refractivity contribution in [2.24, 2.45) is 0 Å². The van der Waals surface area contributed by atoms with Crippen LogP contribution in [0, 0.1) is 0 Å². The van der Waals surface area contributed by atoms with E-state index >= 15 is 0 Å². The van der Waals surface area contributed by atoms with Gasteiger partial charge >= 0.3 is 6.18 Å². The number of nitrogens with one attached hydrogen (secondary N) is 1. The lowest BCUT2D eigenvalue weighted by molar-refractivity contribution is -0.137. The van der Waals surface area contributed by atoms with E-state index in [2.05, 4.69) is 5.32 Å². The fraction of sp³-hybridized carbons (Fsp3) is 0.579. The molecule has 2 heterocycles. The normalized spacial score (nSPS) is 18.8. The minimum absolute atomic E-state index is 0.133. The number of carbonyl (C=O) groups excluding carboxylic acids is 2. The zero-order valence-corrected chi connectivity index (χ0v) is 15.6. The van der Waals surface area contributed by atoms with Crippen LogP contribution >= 0.6 is 0 Å². The number of amides is 2. The highest BCUT2D eigenvalue weighted by molar-refractivity contribution is 5.95. The Balaban J connectivity index is 1.74. The first-order valence-corrected chi connectivity index (χ1v) is 9.46. The minimum atomic E-state index is -4.61. The van der Waals surface area contributed by atoms with Crippen molar-refractivity contribution in [2.75, 3.05) is 49.6 Å². The van der Waals surface area contributed by atoms with Gasteiger partial charge in [-0.2, -0.15) is 13.2 Å². The summed E-state index contributed by atoms with van der Waals surface area (Å²) in [5.74, 6) is -0.758. The number of morpholine rings is 1. The van der Waals surface area contributed by atoms with Crippen molar-refractivity contribution in [1.29, 1.82) is 0 Å². The van der Waals surface area contributed by atoms with Crippen LogP contribution in [0.1, 0.15) is 31.2 Å². The molecule has 2 saturated heterocycles. The molecule has 1 aromatic rings. The van der Waals surface area contributed by atoms with Gasteiger partial charge in [0.05, 0.1) is 31.0 Å². The molecule has 2 amide bonds. The van der Waals surface area contributed by atoms with Crippen LogP contribution < -0.4 is 10.2 Å². The third-order valence-corrected chi connectivity index (χ3v) is 4.96. The number of nitrogens with zero attached hydrogens (tertiary/aromatic N) is 2. The minimum Gasteiger partial charge on any atom is -0.378 e. The molecular formula is C19H24F3N3O3. The Morgan fingerprint density at radius 2 is 1.86 bits per heavy atom. The summed E-state index contributed by atoms with van der Waals surface area (Å²) in [6.07, 6.45) is -1.76. The van der Waals surface area contributed by atoms with Crippen LogP contribution in [-0.4, -0.2) is 56.1 Å². The summed E-state index contributed by atoms with van der Waals surface area (Å²) in [5, 5.41) is 2.34. The quantitative estimate of drug-likeness (QED) is 0.846. The van der Waals surface area contributed by atoms with Crippen LogP contribution in [0.2, 0.25) is 0 Å². The first kappa shape index (κ1) is 20.4. The number of alkyl halides is 3. The lowest BCUT2D eigenvalue weighted by Crippen LogP contribution is -2.38. The van der Waals surface area contributed by atoms with Gasteiger partial charge < -0.3 is 19.9 Å². The Kier molecular flexibility index (Phi) is 6.43. The van der Waals surface area contributed by atoms with Gasteiger partial charge in [-0.1, -0.05) is 6.42 Å². The van der Waals surface area contributed by atoms with Crippen LogP contribution in [0.5, 0.6) is 0 Å². The molecule has 1 aromatic carbocycles. The lowest BCUT2D eigenvalue weighted by Gasteiger charge is -2.29. The average Bonchev–Trinajstić information content (AvgIpc) is 2.86. The van der Waals surface area contributed by atoms with Gasteiger partial charge in [0.15, 0.2) is 0 Å². The maximum Gasteiger partial charge on any atom is 0.418 e. The summed E-state index contributed by atoms with van der Waals surface area (Å²) in [5.41, 5.74) is -0.750. The van der Waals surface area contributed by atoms with Crippen molar-refractivity contribution in [3.05, 3.63) is 23.8 Å². The fourth-order valence-corrected chi connectivity index (χ4v) is 3.46. The monoisotopic (exact) mass is 399 g/mol. The highest BCUT2D eigenvalue weighted by atomic mass is 19.4. The second kappa shape index (κ2) is 8.81. The number of anilines is 2. The van der Waals surface area contributed by atoms with Crippen LogP contribution in [-0.2, 0) is 20.5 Å². The molecule has 0 radical (unpaired) electrons. The number of carbonyl (C=O) groups is 2. The van der Waals surface area contributed by atoms with Crippen molar-refractivity contribution in [3.63, 3.8) is 0 Å². The first-order valence-electron chi connectivity index (χ1n) is 9.46. The molecular weight excluding hydrogens is 375 g/mol. The zero-order chi connectivity index (χ0) is 20.1. The summed E-state index contributed by atoms with van der Waals surface area (Å²) in [7, 11) is 0. The lowest BCUT2D eigenvalue weighted by atomic mass is 10.1. The third-order valence-electron chi connectivity index (χ3n) is 4.96. The molecule has 2 fully saturated rings. The van der Waals surface area contributed by atoms with Crippen molar-refractivity contribution in [1.82, 2.24) is 4.90 Å². The maximum atomic E-state index is 13.6.